The average molecular weight is 420 g/mol. The zero-order valence-electron chi connectivity index (χ0n) is 16.9. The van der Waals surface area contributed by atoms with Crippen molar-refractivity contribution in [1.82, 2.24) is 15.0 Å². The van der Waals surface area contributed by atoms with Gasteiger partial charge in [0.1, 0.15) is 11.0 Å². The van der Waals surface area contributed by atoms with Crippen LogP contribution in [0.25, 0.3) is 16.7 Å². The van der Waals surface area contributed by atoms with Gasteiger partial charge in [-0.3, -0.25) is 0 Å². The van der Waals surface area contributed by atoms with Crippen molar-refractivity contribution in [2.75, 3.05) is 18.0 Å². The van der Waals surface area contributed by atoms with E-state index < -0.39 is 17.4 Å². The maximum Gasteiger partial charge on any atom is 0.195 e. The van der Waals surface area contributed by atoms with Crippen LogP contribution in [0.4, 0.5) is 14.5 Å². The second kappa shape index (κ2) is 7.98. The van der Waals surface area contributed by atoms with E-state index >= 15 is 0 Å². The topological polar surface area (TPSA) is 54.2 Å². The summed E-state index contributed by atoms with van der Waals surface area (Å²) in [6, 6.07) is 19.3. The van der Waals surface area contributed by atoms with Crippen molar-refractivity contribution in [3.63, 3.8) is 0 Å². The number of rotatable bonds is 3. The first kappa shape index (κ1) is 19.5. The summed E-state index contributed by atoms with van der Waals surface area (Å²) in [5.74, 6) is -2.57. The van der Waals surface area contributed by atoms with Crippen LogP contribution in [0, 0.1) is 11.6 Å². The third kappa shape index (κ3) is 3.60. The first-order chi connectivity index (χ1) is 15.1. The number of phenolic OH excluding ortho intramolecular Hbond substituents is 1. The summed E-state index contributed by atoms with van der Waals surface area (Å²) >= 11 is 0. The number of phenols is 1. The summed E-state index contributed by atoms with van der Waals surface area (Å²) in [5.41, 5.74) is 3.09. The number of anilines is 1. The van der Waals surface area contributed by atoms with Crippen molar-refractivity contribution in [3.8, 4) is 11.4 Å². The highest BCUT2D eigenvalue weighted by Gasteiger charge is 2.21. The number of aromatic nitrogens is 3. The van der Waals surface area contributed by atoms with Crippen LogP contribution in [0.1, 0.15) is 30.7 Å². The van der Waals surface area contributed by atoms with E-state index in [2.05, 4.69) is 45.5 Å². The molecule has 1 atom stereocenters. The normalized spacial score (nSPS) is 17.1. The van der Waals surface area contributed by atoms with Gasteiger partial charge in [-0.1, -0.05) is 35.5 Å². The minimum atomic E-state index is -1.07. The highest BCUT2D eigenvalue weighted by Crippen LogP contribution is 2.31. The molecule has 0 aliphatic carbocycles. The molecule has 1 unspecified atom stereocenters. The van der Waals surface area contributed by atoms with Gasteiger partial charge in [-0.25, -0.2) is 13.5 Å². The van der Waals surface area contributed by atoms with Crippen molar-refractivity contribution in [2.45, 2.75) is 25.2 Å². The number of hydrogen-bond acceptors (Lipinski definition) is 4. The molecule has 7 heteroatoms. The third-order valence-corrected chi connectivity index (χ3v) is 6.06. The predicted molar refractivity (Wildman–Crippen MR) is 116 cm³/mol. The molecule has 1 aliphatic rings. The number of fused-ring (bicyclic) bond motifs is 1. The molecular weight excluding hydrogens is 398 g/mol. The summed E-state index contributed by atoms with van der Waals surface area (Å²) in [7, 11) is 0. The smallest absolute Gasteiger partial charge is 0.195 e. The molecule has 1 aliphatic heterocycles. The van der Waals surface area contributed by atoms with Crippen LogP contribution in [0.3, 0.4) is 0 Å². The molecule has 2 heterocycles. The van der Waals surface area contributed by atoms with Gasteiger partial charge in [-0.2, -0.15) is 0 Å². The Kier molecular flexibility index (Phi) is 5.02. The third-order valence-electron chi connectivity index (χ3n) is 6.06. The number of hydrogen-bond donors (Lipinski definition) is 1. The molecule has 0 radical (unpaired) electrons. The minimum absolute atomic E-state index is 0.0490. The summed E-state index contributed by atoms with van der Waals surface area (Å²) < 4.78 is 29.3. The van der Waals surface area contributed by atoms with Crippen LogP contribution in [0.2, 0.25) is 0 Å². The predicted octanol–water partition coefficient (Wildman–Crippen LogP) is 5.18. The van der Waals surface area contributed by atoms with Gasteiger partial charge in [0.2, 0.25) is 0 Å². The molecule has 0 spiro atoms. The molecule has 3 aromatic carbocycles. The SMILES string of the molecule is Oc1c(F)cc2nnn(-c3ccc(N4CCCC(c5ccccc5)CC4)cc3)c2c1F. The van der Waals surface area contributed by atoms with E-state index in [4.69, 9.17) is 0 Å². The average Bonchev–Trinajstić information content (AvgIpc) is 3.06. The number of halogens is 2. The summed E-state index contributed by atoms with van der Waals surface area (Å²) in [6.07, 6.45) is 3.38. The Labute approximate surface area is 178 Å². The quantitative estimate of drug-likeness (QED) is 0.496. The molecule has 0 saturated carbocycles. The second-order valence-corrected chi connectivity index (χ2v) is 7.93. The fourth-order valence-electron chi connectivity index (χ4n) is 4.40. The number of benzene rings is 3. The first-order valence-electron chi connectivity index (χ1n) is 10.4. The van der Waals surface area contributed by atoms with Crippen LogP contribution in [0.15, 0.2) is 60.7 Å². The summed E-state index contributed by atoms with van der Waals surface area (Å²) in [5, 5.41) is 17.4. The number of aromatic hydroxyl groups is 1. The van der Waals surface area contributed by atoms with Gasteiger partial charge in [-0.15, -0.1) is 5.10 Å². The maximum atomic E-state index is 14.4. The van der Waals surface area contributed by atoms with E-state index in [0.29, 0.717) is 11.6 Å². The van der Waals surface area contributed by atoms with Gasteiger partial charge in [0.15, 0.2) is 17.4 Å². The second-order valence-electron chi connectivity index (χ2n) is 7.93. The monoisotopic (exact) mass is 420 g/mol. The minimum Gasteiger partial charge on any atom is -0.503 e. The molecule has 31 heavy (non-hydrogen) atoms. The highest BCUT2D eigenvalue weighted by molar-refractivity contribution is 5.79. The Morgan fingerprint density at radius 1 is 0.903 bits per heavy atom. The zero-order chi connectivity index (χ0) is 21.4. The fraction of sp³-hybridized carbons (Fsp3) is 0.250. The standard InChI is InChI=1S/C24H22F2N4O/c25-20-15-21-23(22(26)24(20)31)30(28-27-21)19-10-8-18(9-11-19)29-13-4-7-17(12-14-29)16-5-2-1-3-6-16/h1-3,5-6,8-11,15,17,31H,4,7,12-14H2. The van der Waals surface area contributed by atoms with Gasteiger partial charge in [0.25, 0.3) is 0 Å². The maximum absolute atomic E-state index is 14.4. The molecular formula is C24H22F2N4O. The fourth-order valence-corrected chi connectivity index (χ4v) is 4.40. The Morgan fingerprint density at radius 3 is 2.42 bits per heavy atom. The summed E-state index contributed by atoms with van der Waals surface area (Å²) in [6.45, 7) is 1.95. The van der Waals surface area contributed by atoms with Crippen molar-refractivity contribution < 1.29 is 13.9 Å². The van der Waals surface area contributed by atoms with Crippen LogP contribution >= 0.6 is 0 Å². The lowest BCUT2D eigenvalue weighted by molar-refractivity contribution is 0.399. The Hall–Kier alpha value is -3.48. The van der Waals surface area contributed by atoms with E-state index in [0.717, 1.165) is 37.7 Å². The van der Waals surface area contributed by atoms with Gasteiger partial charge < -0.3 is 10.0 Å². The van der Waals surface area contributed by atoms with Crippen molar-refractivity contribution in [2.24, 2.45) is 0 Å². The van der Waals surface area contributed by atoms with Crippen molar-refractivity contribution in [3.05, 3.63) is 77.9 Å². The zero-order valence-corrected chi connectivity index (χ0v) is 16.9. The van der Waals surface area contributed by atoms with Crippen molar-refractivity contribution in [1.29, 1.82) is 0 Å². The van der Waals surface area contributed by atoms with Crippen LogP contribution in [0.5, 0.6) is 5.75 Å². The summed E-state index contributed by atoms with van der Waals surface area (Å²) in [4.78, 5) is 2.37. The lowest BCUT2D eigenvalue weighted by atomic mass is 9.92. The Balaban J connectivity index is 1.37. The van der Waals surface area contributed by atoms with Crippen LogP contribution < -0.4 is 4.90 Å². The van der Waals surface area contributed by atoms with Crippen LogP contribution in [-0.4, -0.2) is 33.2 Å². The lowest BCUT2D eigenvalue weighted by Crippen LogP contribution is -2.24. The molecule has 1 aromatic heterocycles. The molecule has 0 bridgehead atoms. The lowest BCUT2D eigenvalue weighted by Gasteiger charge is -2.23. The Morgan fingerprint density at radius 2 is 1.65 bits per heavy atom. The molecule has 4 aromatic rings. The molecule has 5 nitrogen and oxygen atoms in total. The first-order valence-corrected chi connectivity index (χ1v) is 10.4. The van der Waals surface area contributed by atoms with E-state index in [-0.39, 0.29) is 11.0 Å². The van der Waals surface area contributed by atoms with Gasteiger partial charge in [0.05, 0.1) is 5.69 Å². The van der Waals surface area contributed by atoms with E-state index in [1.807, 2.05) is 24.3 Å². The number of nitrogens with zero attached hydrogens (tertiary/aromatic N) is 4. The molecule has 1 saturated heterocycles. The van der Waals surface area contributed by atoms with Gasteiger partial charge in [-0.05, 0) is 55.0 Å². The van der Waals surface area contributed by atoms with E-state index in [9.17, 15) is 13.9 Å². The van der Waals surface area contributed by atoms with Gasteiger partial charge >= 0.3 is 0 Å². The highest BCUT2D eigenvalue weighted by atomic mass is 19.1. The molecule has 158 valence electrons. The van der Waals surface area contributed by atoms with Gasteiger partial charge in [0, 0.05) is 24.8 Å². The largest absolute Gasteiger partial charge is 0.503 e. The van der Waals surface area contributed by atoms with Crippen LogP contribution in [-0.2, 0) is 0 Å². The van der Waals surface area contributed by atoms with E-state index in [1.54, 1.807) is 0 Å². The van der Waals surface area contributed by atoms with Crippen molar-refractivity contribution >= 4 is 16.7 Å². The molecule has 1 fully saturated rings. The Bertz CT molecular complexity index is 1210. The van der Waals surface area contributed by atoms with E-state index in [1.165, 1.54) is 16.7 Å². The molecule has 0 amide bonds. The molecule has 1 N–H and O–H groups in total. The molecule has 5 rings (SSSR count).